The minimum absolute atomic E-state index is 0.143. The molecule has 0 saturated heterocycles. The molecular formula is C13H12BrNO4. The minimum atomic E-state index is -0.341. The number of halogens is 1. The molecule has 0 aliphatic rings. The average Bonchev–Trinajstić information content (AvgIpc) is 2.42. The predicted molar refractivity (Wildman–Crippen MR) is 73.4 cm³/mol. The summed E-state index contributed by atoms with van der Waals surface area (Å²) in [5.41, 5.74) is 0.438. The first kappa shape index (κ1) is 15.1. The van der Waals surface area contributed by atoms with E-state index in [-0.39, 0.29) is 19.1 Å². The van der Waals surface area contributed by atoms with Gasteiger partial charge in [-0.2, -0.15) is 0 Å². The summed E-state index contributed by atoms with van der Waals surface area (Å²) >= 11 is 3.25. The van der Waals surface area contributed by atoms with Gasteiger partial charge in [0.15, 0.2) is 18.1 Å². The molecule has 0 radical (unpaired) electrons. The van der Waals surface area contributed by atoms with Gasteiger partial charge in [0.25, 0.3) is 5.91 Å². The van der Waals surface area contributed by atoms with Gasteiger partial charge >= 0.3 is 0 Å². The molecule has 0 spiro atoms. The number of benzene rings is 1. The van der Waals surface area contributed by atoms with Crippen molar-refractivity contribution in [3.8, 4) is 23.8 Å². The molecule has 1 aromatic carbocycles. The van der Waals surface area contributed by atoms with Gasteiger partial charge in [0.1, 0.15) is 6.29 Å². The molecule has 0 heterocycles. The monoisotopic (exact) mass is 325 g/mol. The van der Waals surface area contributed by atoms with Gasteiger partial charge in [-0.25, -0.2) is 0 Å². The lowest BCUT2D eigenvalue weighted by molar-refractivity contribution is -0.122. The fourth-order valence-electron chi connectivity index (χ4n) is 1.29. The second-order valence-electron chi connectivity index (χ2n) is 3.42. The zero-order chi connectivity index (χ0) is 14.3. The molecule has 0 fully saturated rings. The van der Waals surface area contributed by atoms with E-state index >= 15 is 0 Å². The molecule has 0 bridgehead atoms. The predicted octanol–water partition coefficient (Wildman–Crippen LogP) is 1.40. The van der Waals surface area contributed by atoms with Crippen molar-refractivity contribution in [1.82, 2.24) is 5.32 Å². The van der Waals surface area contributed by atoms with E-state index in [4.69, 9.17) is 15.9 Å². The van der Waals surface area contributed by atoms with Crippen molar-refractivity contribution >= 4 is 28.1 Å². The summed E-state index contributed by atoms with van der Waals surface area (Å²) in [5, 5.41) is 2.47. The van der Waals surface area contributed by atoms with Crippen LogP contribution in [0.4, 0.5) is 0 Å². The number of amides is 1. The van der Waals surface area contributed by atoms with Crippen LogP contribution in [0, 0.1) is 12.3 Å². The third-order valence-corrected chi connectivity index (χ3v) is 2.71. The first-order chi connectivity index (χ1) is 9.12. The number of carbonyl (C=O) groups excluding carboxylic acids is 2. The van der Waals surface area contributed by atoms with Crippen molar-refractivity contribution in [2.45, 2.75) is 0 Å². The van der Waals surface area contributed by atoms with Gasteiger partial charge in [0, 0.05) is 5.56 Å². The minimum Gasteiger partial charge on any atom is -0.493 e. The standard InChI is InChI=1S/C13H12BrNO4/c1-3-4-15-12(17)8-19-13-10(14)5-9(7-16)6-11(13)18-2/h1,5-7H,4,8H2,2H3,(H,15,17). The van der Waals surface area contributed by atoms with E-state index in [0.29, 0.717) is 27.8 Å². The summed E-state index contributed by atoms with van der Waals surface area (Å²) < 4.78 is 11.0. The van der Waals surface area contributed by atoms with Crippen LogP contribution in [0.25, 0.3) is 0 Å². The van der Waals surface area contributed by atoms with E-state index in [1.165, 1.54) is 13.2 Å². The maximum atomic E-state index is 11.4. The second kappa shape index (κ2) is 7.44. The lowest BCUT2D eigenvalue weighted by atomic mass is 10.2. The van der Waals surface area contributed by atoms with Crippen molar-refractivity contribution in [1.29, 1.82) is 0 Å². The zero-order valence-electron chi connectivity index (χ0n) is 10.2. The number of carbonyl (C=O) groups is 2. The van der Waals surface area contributed by atoms with Crippen molar-refractivity contribution in [3.63, 3.8) is 0 Å². The number of aldehydes is 1. The number of nitrogens with one attached hydrogen (secondary N) is 1. The number of rotatable bonds is 6. The highest BCUT2D eigenvalue weighted by Crippen LogP contribution is 2.36. The van der Waals surface area contributed by atoms with Crippen LogP contribution in [0.3, 0.4) is 0 Å². The average molecular weight is 326 g/mol. The maximum absolute atomic E-state index is 11.4. The van der Waals surface area contributed by atoms with Crippen LogP contribution in [0.5, 0.6) is 11.5 Å². The topological polar surface area (TPSA) is 64.6 Å². The Kier molecular flexibility index (Phi) is 5.90. The van der Waals surface area contributed by atoms with E-state index in [9.17, 15) is 9.59 Å². The van der Waals surface area contributed by atoms with Crippen LogP contribution in [0.15, 0.2) is 16.6 Å². The number of ether oxygens (including phenoxy) is 2. The third-order valence-electron chi connectivity index (χ3n) is 2.12. The maximum Gasteiger partial charge on any atom is 0.258 e. The molecule has 0 unspecified atom stereocenters. The van der Waals surface area contributed by atoms with Gasteiger partial charge in [-0.3, -0.25) is 9.59 Å². The van der Waals surface area contributed by atoms with Gasteiger partial charge in [0.05, 0.1) is 18.1 Å². The quantitative estimate of drug-likeness (QED) is 0.634. The molecule has 5 nitrogen and oxygen atoms in total. The Hall–Kier alpha value is -2.00. The van der Waals surface area contributed by atoms with Crippen molar-refractivity contribution < 1.29 is 19.1 Å². The Balaban J connectivity index is 2.80. The van der Waals surface area contributed by atoms with Crippen LogP contribution in [-0.4, -0.2) is 32.5 Å². The third kappa shape index (κ3) is 4.30. The van der Waals surface area contributed by atoms with E-state index in [0.717, 1.165) is 0 Å². The van der Waals surface area contributed by atoms with E-state index < -0.39 is 0 Å². The smallest absolute Gasteiger partial charge is 0.258 e. The van der Waals surface area contributed by atoms with Gasteiger partial charge in [-0.15, -0.1) is 6.42 Å². The molecule has 0 saturated carbocycles. The molecule has 1 amide bonds. The van der Waals surface area contributed by atoms with Gasteiger partial charge in [-0.1, -0.05) is 5.92 Å². The van der Waals surface area contributed by atoms with Crippen LogP contribution >= 0.6 is 15.9 Å². The van der Waals surface area contributed by atoms with E-state index in [1.807, 2.05) is 0 Å². The molecule has 1 rings (SSSR count). The van der Waals surface area contributed by atoms with E-state index in [1.54, 1.807) is 6.07 Å². The summed E-state index contributed by atoms with van der Waals surface area (Å²) in [4.78, 5) is 22.1. The molecule has 100 valence electrons. The Morgan fingerprint density at radius 2 is 2.32 bits per heavy atom. The summed E-state index contributed by atoms with van der Waals surface area (Å²) in [7, 11) is 1.45. The van der Waals surface area contributed by atoms with Crippen molar-refractivity contribution in [2.24, 2.45) is 0 Å². The number of terminal acetylenes is 1. The molecule has 0 aliphatic carbocycles. The van der Waals surface area contributed by atoms with Gasteiger partial charge in [0.2, 0.25) is 0 Å². The molecule has 0 atom stereocenters. The zero-order valence-corrected chi connectivity index (χ0v) is 11.8. The summed E-state index contributed by atoms with van der Waals surface area (Å²) in [6.07, 6.45) is 5.71. The van der Waals surface area contributed by atoms with Crippen LogP contribution in [0.2, 0.25) is 0 Å². The first-order valence-electron chi connectivity index (χ1n) is 5.28. The van der Waals surface area contributed by atoms with Gasteiger partial charge < -0.3 is 14.8 Å². The highest BCUT2D eigenvalue weighted by molar-refractivity contribution is 9.10. The van der Waals surface area contributed by atoms with Crippen molar-refractivity contribution in [3.05, 3.63) is 22.2 Å². The molecule has 1 N–H and O–H groups in total. The lowest BCUT2D eigenvalue weighted by Gasteiger charge is -2.12. The first-order valence-corrected chi connectivity index (χ1v) is 6.07. The Labute approximate surface area is 119 Å². The number of methoxy groups -OCH3 is 1. The summed E-state index contributed by atoms with van der Waals surface area (Å²) in [6.45, 7) is -0.0539. The van der Waals surface area contributed by atoms with Crippen LogP contribution in [0.1, 0.15) is 10.4 Å². The van der Waals surface area contributed by atoms with Gasteiger partial charge in [-0.05, 0) is 28.1 Å². The molecular weight excluding hydrogens is 314 g/mol. The number of hydrogen-bond donors (Lipinski definition) is 1. The summed E-state index contributed by atoms with van der Waals surface area (Å²) in [5.74, 6) is 2.66. The Bertz CT molecular complexity index is 522. The highest BCUT2D eigenvalue weighted by atomic mass is 79.9. The molecule has 0 aromatic heterocycles. The van der Waals surface area contributed by atoms with E-state index in [2.05, 4.69) is 27.2 Å². The highest BCUT2D eigenvalue weighted by Gasteiger charge is 2.13. The Morgan fingerprint density at radius 3 is 2.89 bits per heavy atom. The lowest BCUT2D eigenvalue weighted by Crippen LogP contribution is -2.29. The summed E-state index contributed by atoms with van der Waals surface area (Å²) in [6, 6.07) is 3.09. The van der Waals surface area contributed by atoms with Crippen LogP contribution < -0.4 is 14.8 Å². The SMILES string of the molecule is C#CCNC(=O)COc1c(Br)cc(C=O)cc1OC. The fourth-order valence-corrected chi connectivity index (χ4v) is 1.86. The fraction of sp³-hybridized carbons (Fsp3) is 0.231. The number of hydrogen-bond acceptors (Lipinski definition) is 4. The second-order valence-corrected chi connectivity index (χ2v) is 4.28. The molecule has 0 aliphatic heterocycles. The Morgan fingerprint density at radius 1 is 1.58 bits per heavy atom. The normalized spacial score (nSPS) is 9.32. The molecule has 6 heteroatoms. The molecule has 1 aromatic rings. The van der Waals surface area contributed by atoms with Crippen molar-refractivity contribution in [2.75, 3.05) is 20.3 Å². The largest absolute Gasteiger partial charge is 0.493 e. The van der Waals surface area contributed by atoms with Crippen LogP contribution in [-0.2, 0) is 4.79 Å². The molecule has 19 heavy (non-hydrogen) atoms.